The Labute approximate surface area is 149 Å². The van der Waals surface area contributed by atoms with Gasteiger partial charge in [-0.1, -0.05) is 72.2 Å². The van der Waals surface area contributed by atoms with E-state index in [1.54, 1.807) is 0 Å². The van der Waals surface area contributed by atoms with Crippen molar-refractivity contribution in [2.24, 2.45) is 0 Å². The summed E-state index contributed by atoms with van der Waals surface area (Å²) in [6, 6.07) is 19.6. The fraction of sp³-hybridized carbons (Fsp3) is 0.217. The van der Waals surface area contributed by atoms with Crippen LogP contribution in [-0.2, 0) is 0 Å². The Morgan fingerprint density at radius 1 is 1.00 bits per heavy atom. The molecule has 1 aliphatic heterocycles. The molecule has 0 nitrogen and oxygen atoms in total. The zero-order valence-corrected chi connectivity index (χ0v) is 15.3. The zero-order chi connectivity index (χ0) is 16.9. The van der Waals surface area contributed by atoms with Crippen LogP contribution in [0.1, 0.15) is 35.3 Å². The van der Waals surface area contributed by atoms with Crippen LogP contribution in [0.2, 0.25) is 0 Å². The van der Waals surface area contributed by atoms with Gasteiger partial charge in [0.05, 0.1) is 4.91 Å². The van der Waals surface area contributed by atoms with E-state index in [4.69, 9.17) is 0 Å². The summed E-state index contributed by atoms with van der Waals surface area (Å²) in [6.45, 7) is 6.28. The van der Waals surface area contributed by atoms with Gasteiger partial charge >= 0.3 is 0 Å². The smallest absolute Gasteiger partial charge is 0.0539 e. The van der Waals surface area contributed by atoms with E-state index in [0.29, 0.717) is 5.25 Å². The first kappa shape index (κ1) is 16.7. The molecule has 24 heavy (non-hydrogen) atoms. The van der Waals surface area contributed by atoms with Gasteiger partial charge in [0.25, 0.3) is 0 Å². The van der Waals surface area contributed by atoms with Crippen LogP contribution in [0, 0.1) is 25.7 Å². The Morgan fingerprint density at radius 2 is 1.79 bits per heavy atom. The van der Waals surface area contributed by atoms with E-state index in [2.05, 4.69) is 86.4 Å². The maximum Gasteiger partial charge on any atom is 0.0539 e. The second kappa shape index (κ2) is 7.60. The molecule has 0 aromatic heterocycles. The van der Waals surface area contributed by atoms with Crippen LogP contribution in [0.25, 0.3) is 10.8 Å². The van der Waals surface area contributed by atoms with Gasteiger partial charge in [-0.05, 0) is 49.1 Å². The molecule has 0 saturated carbocycles. The predicted molar refractivity (Wildman–Crippen MR) is 108 cm³/mol. The first-order chi connectivity index (χ1) is 11.7. The average Bonchev–Trinajstić information content (AvgIpc) is 3.01. The molecule has 1 heterocycles. The van der Waals surface area contributed by atoms with E-state index < -0.39 is 0 Å². The fourth-order valence-electron chi connectivity index (χ4n) is 3.13. The van der Waals surface area contributed by atoms with E-state index in [1.807, 2.05) is 18.7 Å². The van der Waals surface area contributed by atoms with Gasteiger partial charge in [-0.3, -0.25) is 0 Å². The molecule has 0 saturated heterocycles. The van der Waals surface area contributed by atoms with Crippen molar-refractivity contribution in [2.45, 2.75) is 32.4 Å². The Hall–Kier alpha value is -2.17. The number of benzene rings is 1. The number of hydrogen-bond donors (Lipinski definition) is 0. The molecule has 2 aromatic rings. The fourth-order valence-corrected chi connectivity index (χ4v) is 4.41. The second-order valence-electron chi connectivity index (χ2n) is 6.08. The maximum atomic E-state index is 3.22. The van der Waals surface area contributed by atoms with Gasteiger partial charge in [0.1, 0.15) is 0 Å². The molecular weight excluding hydrogens is 308 g/mol. The summed E-state index contributed by atoms with van der Waals surface area (Å²) in [4.78, 5) is 1.20. The molecule has 0 fully saturated rings. The third-order valence-corrected chi connectivity index (χ3v) is 5.47. The standard InChI is InChI=1S/C23H22S/c1-4-9-20-13-15-22(24-20)23-18(3)10-7-5-6-8-11-19-16-17(2)12-14-21(19)23/h5-8,10-14,16,22H,15H2,1-3H3. The van der Waals surface area contributed by atoms with Crippen molar-refractivity contribution in [3.8, 4) is 11.8 Å². The lowest BCUT2D eigenvalue weighted by molar-refractivity contribution is 0.989. The molecule has 1 aliphatic rings. The Balaban J connectivity index is 2.25. The highest BCUT2D eigenvalue weighted by atomic mass is 32.2. The van der Waals surface area contributed by atoms with Crippen molar-refractivity contribution in [2.75, 3.05) is 0 Å². The SMILES string of the molecule is CC#CC1=CCC(c2c(C)ccccccc3cc(C)ccc23)S1. The van der Waals surface area contributed by atoms with Crippen molar-refractivity contribution < 1.29 is 0 Å². The Kier molecular flexibility index (Phi) is 5.28. The van der Waals surface area contributed by atoms with Crippen LogP contribution in [0.3, 0.4) is 0 Å². The van der Waals surface area contributed by atoms with Crippen LogP contribution < -0.4 is 0 Å². The van der Waals surface area contributed by atoms with Gasteiger partial charge in [-0.25, -0.2) is 0 Å². The molecule has 0 bridgehead atoms. The molecule has 0 aliphatic carbocycles. The molecule has 1 heteroatoms. The van der Waals surface area contributed by atoms with E-state index in [-0.39, 0.29) is 0 Å². The third-order valence-electron chi connectivity index (χ3n) is 4.23. The predicted octanol–water partition coefficient (Wildman–Crippen LogP) is 6.67. The highest BCUT2D eigenvalue weighted by Gasteiger charge is 2.21. The van der Waals surface area contributed by atoms with E-state index in [9.17, 15) is 0 Å². The van der Waals surface area contributed by atoms with Gasteiger partial charge in [0.2, 0.25) is 0 Å². The number of allylic oxidation sites excluding steroid dienone is 2. The molecule has 0 radical (unpaired) electrons. The van der Waals surface area contributed by atoms with E-state index >= 15 is 0 Å². The summed E-state index contributed by atoms with van der Waals surface area (Å²) in [5.41, 5.74) is 4.05. The van der Waals surface area contributed by atoms with Crippen molar-refractivity contribution in [3.63, 3.8) is 0 Å². The van der Waals surface area contributed by atoms with Crippen LogP contribution in [0.4, 0.5) is 0 Å². The maximum absolute atomic E-state index is 3.22. The summed E-state index contributed by atoms with van der Waals surface area (Å²) in [6.07, 6.45) is 3.32. The molecule has 0 N–H and O–H groups in total. The topological polar surface area (TPSA) is 0 Å². The van der Waals surface area contributed by atoms with E-state index in [1.165, 1.54) is 32.4 Å². The molecule has 1 atom stereocenters. The number of fused-ring (bicyclic) bond motifs is 1. The van der Waals surface area contributed by atoms with Gasteiger partial charge in [0.15, 0.2) is 0 Å². The third kappa shape index (κ3) is 3.66. The number of rotatable bonds is 1. The highest BCUT2D eigenvalue weighted by Crippen LogP contribution is 2.46. The normalized spacial score (nSPS) is 16.1. The van der Waals surface area contributed by atoms with Gasteiger partial charge in [-0.2, -0.15) is 0 Å². The Morgan fingerprint density at radius 3 is 2.58 bits per heavy atom. The van der Waals surface area contributed by atoms with Crippen LogP contribution in [-0.4, -0.2) is 0 Å². The largest absolute Gasteiger partial charge is 0.109 e. The van der Waals surface area contributed by atoms with Crippen LogP contribution in [0.15, 0.2) is 65.6 Å². The van der Waals surface area contributed by atoms with E-state index in [0.717, 1.165) is 6.42 Å². The lowest BCUT2D eigenvalue weighted by Crippen LogP contribution is -1.94. The summed E-state index contributed by atoms with van der Waals surface area (Å²) < 4.78 is 0. The minimum absolute atomic E-state index is 0.434. The van der Waals surface area contributed by atoms with Gasteiger partial charge in [0, 0.05) is 5.25 Å². The zero-order valence-electron chi connectivity index (χ0n) is 14.5. The quantitative estimate of drug-likeness (QED) is 0.526. The molecule has 0 amide bonds. The minimum Gasteiger partial charge on any atom is -0.109 e. The summed E-state index contributed by atoms with van der Waals surface area (Å²) in [7, 11) is 0. The van der Waals surface area contributed by atoms with Gasteiger partial charge < -0.3 is 0 Å². The number of aryl methyl sites for hydroxylation is 2. The molecule has 2 aromatic carbocycles. The molecular formula is C23H22S. The van der Waals surface area contributed by atoms with Crippen molar-refractivity contribution in [1.29, 1.82) is 0 Å². The van der Waals surface area contributed by atoms with Crippen LogP contribution >= 0.6 is 11.8 Å². The van der Waals surface area contributed by atoms with Crippen molar-refractivity contribution in [3.05, 3.63) is 82.3 Å². The molecule has 1 unspecified atom stereocenters. The molecule has 0 spiro atoms. The monoisotopic (exact) mass is 330 g/mol. The highest BCUT2D eigenvalue weighted by molar-refractivity contribution is 8.03. The number of hydrogen-bond acceptors (Lipinski definition) is 1. The summed E-state index contributed by atoms with van der Waals surface area (Å²) >= 11 is 1.90. The lowest BCUT2D eigenvalue weighted by Gasteiger charge is -2.15. The van der Waals surface area contributed by atoms with Crippen molar-refractivity contribution >= 4 is 22.5 Å². The van der Waals surface area contributed by atoms with Crippen LogP contribution in [0.5, 0.6) is 0 Å². The first-order valence-electron chi connectivity index (χ1n) is 8.32. The minimum atomic E-state index is 0.434. The Bertz CT molecular complexity index is 908. The van der Waals surface area contributed by atoms with Crippen molar-refractivity contribution in [1.82, 2.24) is 0 Å². The number of thioether (sulfide) groups is 1. The first-order valence-corrected chi connectivity index (χ1v) is 9.20. The molecule has 120 valence electrons. The molecule has 3 rings (SSSR count). The lowest BCUT2D eigenvalue weighted by atomic mass is 9.97. The average molecular weight is 330 g/mol. The summed E-state index contributed by atoms with van der Waals surface area (Å²) in [5.74, 6) is 6.24. The van der Waals surface area contributed by atoms with Gasteiger partial charge in [-0.15, -0.1) is 17.7 Å². The second-order valence-corrected chi connectivity index (χ2v) is 7.32. The summed E-state index contributed by atoms with van der Waals surface area (Å²) in [5, 5.41) is 3.06.